The number of hydrogen-bond acceptors (Lipinski definition) is 2. The number of hydrogen-bond donors (Lipinski definition) is 1. The molecule has 32 heavy (non-hydrogen) atoms. The number of aromatic nitrogens is 1. The Kier molecular flexibility index (Phi) is 5.66. The molecular formula is C27H28ClFN2O. The van der Waals surface area contributed by atoms with E-state index in [1.807, 2.05) is 18.3 Å². The monoisotopic (exact) mass is 450 g/mol. The van der Waals surface area contributed by atoms with Crippen molar-refractivity contribution in [1.29, 1.82) is 0 Å². The van der Waals surface area contributed by atoms with Gasteiger partial charge in [-0.2, -0.15) is 0 Å². The van der Waals surface area contributed by atoms with E-state index < -0.39 is 0 Å². The summed E-state index contributed by atoms with van der Waals surface area (Å²) in [5, 5.41) is 4.66. The van der Waals surface area contributed by atoms with Gasteiger partial charge in [0.05, 0.1) is 5.52 Å². The Hall–Kier alpha value is -2.46. The van der Waals surface area contributed by atoms with Crippen molar-refractivity contribution >= 4 is 34.1 Å². The average Bonchev–Trinajstić information content (AvgIpc) is 2.79. The van der Waals surface area contributed by atoms with Gasteiger partial charge in [0.2, 0.25) is 5.91 Å². The number of benzene rings is 2. The summed E-state index contributed by atoms with van der Waals surface area (Å²) in [6, 6.07) is 14.2. The number of carbonyl (C=O) groups is 1. The molecule has 1 spiro atoms. The number of carbonyl (C=O) groups excluding carboxylic acids is 1. The Balaban J connectivity index is 1.27. The van der Waals surface area contributed by atoms with Crippen LogP contribution in [-0.4, -0.2) is 10.9 Å². The number of nitrogens with one attached hydrogen (secondary N) is 1. The van der Waals surface area contributed by atoms with Crippen molar-refractivity contribution in [3.8, 4) is 0 Å². The van der Waals surface area contributed by atoms with Crippen LogP contribution in [-0.2, 0) is 4.79 Å². The van der Waals surface area contributed by atoms with Gasteiger partial charge in [-0.3, -0.25) is 9.78 Å². The highest BCUT2D eigenvalue weighted by molar-refractivity contribution is 6.30. The second-order valence-electron chi connectivity index (χ2n) is 9.63. The summed E-state index contributed by atoms with van der Waals surface area (Å²) in [4.78, 5) is 17.3. The molecule has 2 unspecified atom stereocenters. The Bertz CT molecular complexity index is 1140. The molecule has 2 fully saturated rings. The zero-order chi connectivity index (χ0) is 22.3. The fraction of sp³-hybridized carbons (Fsp3) is 0.407. The SMILES string of the molecule is CC(C(=O)Nc1ccc(Cl)cc1)C1CCC12CCC(c1ccnc3ccc(F)cc13)CC2. The van der Waals surface area contributed by atoms with Crippen molar-refractivity contribution in [3.63, 3.8) is 0 Å². The molecule has 1 heterocycles. The highest BCUT2D eigenvalue weighted by Crippen LogP contribution is 2.60. The predicted molar refractivity (Wildman–Crippen MR) is 127 cm³/mol. The third-order valence-electron chi connectivity index (χ3n) is 8.03. The van der Waals surface area contributed by atoms with E-state index in [9.17, 15) is 9.18 Å². The minimum atomic E-state index is -0.210. The summed E-state index contributed by atoms with van der Waals surface area (Å²) in [7, 11) is 0. The smallest absolute Gasteiger partial charge is 0.227 e. The first kappa shape index (κ1) is 21.4. The minimum absolute atomic E-state index is 0.0215. The number of amides is 1. The normalized spacial score (nSPS) is 26.0. The van der Waals surface area contributed by atoms with E-state index >= 15 is 0 Å². The van der Waals surface area contributed by atoms with Crippen molar-refractivity contribution in [2.45, 2.75) is 51.4 Å². The molecule has 5 rings (SSSR count). The maximum atomic E-state index is 13.9. The van der Waals surface area contributed by atoms with E-state index in [4.69, 9.17) is 11.6 Å². The van der Waals surface area contributed by atoms with Crippen molar-refractivity contribution in [3.05, 3.63) is 71.1 Å². The Morgan fingerprint density at radius 2 is 1.81 bits per heavy atom. The van der Waals surface area contributed by atoms with Crippen LogP contribution in [0.25, 0.3) is 10.9 Å². The van der Waals surface area contributed by atoms with Crippen molar-refractivity contribution in [1.82, 2.24) is 4.98 Å². The molecule has 2 aromatic carbocycles. The minimum Gasteiger partial charge on any atom is -0.326 e. The van der Waals surface area contributed by atoms with Gasteiger partial charge in [0, 0.05) is 28.2 Å². The van der Waals surface area contributed by atoms with Gasteiger partial charge in [-0.1, -0.05) is 18.5 Å². The van der Waals surface area contributed by atoms with Gasteiger partial charge < -0.3 is 5.32 Å². The summed E-state index contributed by atoms with van der Waals surface area (Å²) < 4.78 is 13.9. The third-order valence-corrected chi connectivity index (χ3v) is 8.28. The summed E-state index contributed by atoms with van der Waals surface area (Å²) >= 11 is 5.95. The molecule has 2 saturated carbocycles. The van der Waals surface area contributed by atoms with E-state index in [-0.39, 0.29) is 23.1 Å². The van der Waals surface area contributed by atoms with E-state index in [1.54, 1.807) is 24.3 Å². The fourth-order valence-electron chi connectivity index (χ4n) is 6.09. The number of pyridine rings is 1. The summed E-state index contributed by atoms with van der Waals surface area (Å²) in [6.07, 6.45) is 8.57. The lowest BCUT2D eigenvalue weighted by atomic mass is 9.49. The molecule has 1 N–H and O–H groups in total. The predicted octanol–water partition coefficient (Wildman–Crippen LogP) is 7.36. The highest BCUT2D eigenvalue weighted by Gasteiger charge is 2.51. The van der Waals surface area contributed by atoms with Gasteiger partial charge in [0.1, 0.15) is 5.82 Å². The van der Waals surface area contributed by atoms with Crippen LogP contribution in [0.2, 0.25) is 5.02 Å². The molecule has 0 radical (unpaired) electrons. The Labute approximate surface area is 193 Å². The standard InChI is InChI=1S/C27H28ClFN2O/c1-17(26(32)31-21-5-2-19(28)3-6-21)24-10-14-27(24)12-8-18(9-13-27)22-11-15-30-25-7-4-20(29)16-23(22)25/h2-7,11,15-18,24H,8-10,12-14H2,1H3,(H,31,32). The van der Waals surface area contributed by atoms with Crippen LogP contribution in [0.3, 0.4) is 0 Å². The summed E-state index contributed by atoms with van der Waals surface area (Å²) in [5.41, 5.74) is 3.13. The number of nitrogens with zero attached hydrogens (tertiary/aromatic N) is 1. The molecule has 2 atom stereocenters. The molecule has 2 aliphatic rings. The van der Waals surface area contributed by atoms with Gasteiger partial charge in [-0.05, 0) is 110 Å². The van der Waals surface area contributed by atoms with Crippen LogP contribution in [0.5, 0.6) is 0 Å². The number of fused-ring (bicyclic) bond motifs is 1. The van der Waals surface area contributed by atoms with Crippen LogP contribution in [0, 0.1) is 23.1 Å². The maximum absolute atomic E-state index is 13.9. The van der Waals surface area contributed by atoms with E-state index in [0.717, 1.165) is 48.7 Å². The Morgan fingerprint density at radius 3 is 2.50 bits per heavy atom. The lowest BCUT2D eigenvalue weighted by Crippen LogP contribution is -2.48. The highest BCUT2D eigenvalue weighted by atomic mass is 35.5. The number of halogens is 2. The van der Waals surface area contributed by atoms with Crippen LogP contribution < -0.4 is 5.32 Å². The molecule has 3 nitrogen and oxygen atoms in total. The van der Waals surface area contributed by atoms with Gasteiger partial charge in [0.25, 0.3) is 0 Å². The van der Waals surface area contributed by atoms with Gasteiger partial charge >= 0.3 is 0 Å². The molecule has 1 aromatic heterocycles. The number of anilines is 1. The molecule has 1 amide bonds. The second-order valence-corrected chi connectivity index (χ2v) is 10.1. The van der Waals surface area contributed by atoms with Crippen LogP contribution in [0.4, 0.5) is 10.1 Å². The lowest BCUT2D eigenvalue weighted by Gasteiger charge is -2.55. The quantitative estimate of drug-likeness (QED) is 0.451. The summed E-state index contributed by atoms with van der Waals surface area (Å²) in [5.74, 6) is 0.703. The fourth-order valence-corrected chi connectivity index (χ4v) is 6.22. The van der Waals surface area contributed by atoms with Gasteiger partial charge in [0.15, 0.2) is 0 Å². The second kappa shape index (κ2) is 8.47. The Morgan fingerprint density at radius 1 is 1.09 bits per heavy atom. The zero-order valence-corrected chi connectivity index (χ0v) is 19.0. The lowest BCUT2D eigenvalue weighted by molar-refractivity contribution is -0.128. The zero-order valence-electron chi connectivity index (χ0n) is 18.3. The molecule has 0 aliphatic heterocycles. The van der Waals surface area contributed by atoms with E-state index in [0.29, 0.717) is 16.9 Å². The largest absolute Gasteiger partial charge is 0.326 e. The van der Waals surface area contributed by atoms with Gasteiger partial charge in [-0.15, -0.1) is 0 Å². The first-order chi connectivity index (χ1) is 15.4. The molecule has 166 valence electrons. The first-order valence-electron chi connectivity index (χ1n) is 11.6. The molecule has 0 bridgehead atoms. The molecule has 2 aliphatic carbocycles. The van der Waals surface area contributed by atoms with Crippen molar-refractivity contribution in [2.75, 3.05) is 5.32 Å². The topological polar surface area (TPSA) is 42.0 Å². The average molecular weight is 451 g/mol. The molecule has 5 heteroatoms. The van der Waals surface area contributed by atoms with Crippen LogP contribution >= 0.6 is 11.6 Å². The van der Waals surface area contributed by atoms with Crippen LogP contribution in [0.15, 0.2) is 54.7 Å². The molecule has 0 saturated heterocycles. The summed E-state index contributed by atoms with van der Waals surface area (Å²) in [6.45, 7) is 2.07. The van der Waals surface area contributed by atoms with Crippen molar-refractivity contribution < 1.29 is 9.18 Å². The van der Waals surface area contributed by atoms with Crippen LogP contribution in [0.1, 0.15) is 56.9 Å². The third kappa shape index (κ3) is 3.90. The number of rotatable bonds is 4. The van der Waals surface area contributed by atoms with E-state index in [1.165, 1.54) is 18.1 Å². The molecular weight excluding hydrogens is 423 g/mol. The van der Waals surface area contributed by atoms with Crippen molar-refractivity contribution in [2.24, 2.45) is 17.3 Å². The first-order valence-corrected chi connectivity index (χ1v) is 11.9. The van der Waals surface area contributed by atoms with E-state index in [2.05, 4.69) is 23.3 Å². The van der Waals surface area contributed by atoms with Gasteiger partial charge in [-0.25, -0.2) is 4.39 Å². The maximum Gasteiger partial charge on any atom is 0.227 e. The molecule has 3 aromatic rings.